The molecule has 0 bridgehead atoms. The Morgan fingerprint density at radius 1 is 1.67 bits per heavy atom. The van der Waals surface area contributed by atoms with Crippen LogP contribution in [0.1, 0.15) is 13.8 Å². The van der Waals surface area contributed by atoms with Gasteiger partial charge in [-0.25, -0.2) is 0 Å². The number of carbonyl (C=O) groups excluding carboxylic acids is 1. The maximum Gasteiger partial charge on any atom is 0.238 e. The topological polar surface area (TPSA) is 50.4 Å². The molecule has 1 rings (SSSR count). The lowest BCUT2D eigenvalue weighted by atomic mass is 10.3. The molecule has 1 aliphatic rings. The Morgan fingerprint density at radius 2 is 2.47 bits per heavy atom. The van der Waals surface area contributed by atoms with Gasteiger partial charge >= 0.3 is 0 Å². The third-order valence-corrected chi connectivity index (χ3v) is 3.15. The number of rotatable bonds is 5. The number of hydrogen-bond donors (Lipinski definition) is 2. The Hall–Kier alpha value is -0.260. The summed E-state index contributed by atoms with van der Waals surface area (Å²) in [5.74, 6) is 2.06. The molecule has 15 heavy (non-hydrogen) atoms. The van der Waals surface area contributed by atoms with Gasteiger partial charge in [0.15, 0.2) is 0 Å². The smallest absolute Gasteiger partial charge is 0.238 e. The van der Waals surface area contributed by atoms with E-state index in [2.05, 4.69) is 10.6 Å². The van der Waals surface area contributed by atoms with Crippen LogP contribution in [-0.2, 0) is 9.53 Å². The minimum atomic E-state index is -0.0252. The summed E-state index contributed by atoms with van der Waals surface area (Å²) in [7, 11) is 0. The van der Waals surface area contributed by atoms with Crippen molar-refractivity contribution in [1.82, 2.24) is 10.6 Å². The van der Waals surface area contributed by atoms with Crippen LogP contribution in [0.4, 0.5) is 0 Å². The van der Waals surface area contributed by atoms with Crippen molar-refractivity contribution in [1.29, 1.82) is 0 Å². The molecule has 0 aromatic heterocycles. The van der Waals surface area contributed by atoms with Crippen LogP contribution in [0.25, 0.3) is 0 Å². The predicted molar refractivity (Wildman–Crippen MR) is 63.2 cm³/mol. The number of amides is 1. The lowest BCUT2D eigenvalue weighted by Gasteiger charge is -2.22. The molecular weight excluding hydrogens is 212 g/mol. The Kier molecular flexibility index (Phi) is 6.05. The molecule has 1 heterocycles. The van der Waals surface area contributed by atoms with Crippen LogP contribution < -0.4 is 10.6 Å². The van der Waals surface area contributed by atoms with Gasteiger partial charge in [0.1, 0.15) is 0 Å². The third-order valence-electron chi connectivity index (χ3n) is 2.09. The molecule has 1 atom stereocenters. The zero-order valence-electron chi connectivity index (χ0n) is 9.41. The lowest BCUT2D eigenvalue weighted by molar-refractivity contribution is -0.123. The standard InChI is InChI=1S/C10H20N2O2S/c1-8(2)14-5-3-12-10(13)9-7-15-6-4-11-9/h8-9,11H,3-7H2,1-2H3,(H,12,13). The van der Waals surface area contributed by atoms with Crippen LogP contribution >= 0.6 is 11.8 Å². The molecule has 0 radical (unpaired) electrons. The Bertz CT molecular complexity index is 194. The first-order valence-electron chi connectivity index (χ1n) is 5.40. The number of carbonyl (C=O) groups is 1. The zero-order chi connectivity index (χ0) is 11.1. The lowest BCUT2D eigenvalue weighted by Crippen LogP contribution is -2.49. The minimum absolute atomic E-state index is 0.0252. The molecule has 1 saturated heterocycles. The molecule has 0 aromatic carbocycles. The third kappa shape index (κ3) is 5.39. The molecule has 5 heteroatoms. The van der Waals surface area contributed by atoms with Crippen LogP contribution in [0.5, 0.6) is 0 Å². The zero-order valence-corrected chi connectivity index (χ0v) is 10.2. The van der Waals surface area contributed by atoms with Crippen LogP contribution in [-0.4, -0.2) is 49.3 Å². The number of thioether (sulfide) groups is 1. The summed E-state index contributed by atoms with van der Waals surface area (Å²) in [6.07, 6.45) is 0.227. The predicted octanol–water partition coefficient (Wildman–Crippen LogP) is 0.233. The van der Waals surface area contributed by atoms with Crippen molar-refractivity contribution in [3.8, 4) is 0 Å². The molecule has 4 nitrogen and oxygen atoms in total. The summed E-state index contributed by atoms with van der Waals surface area (Å²) in [4.78, 5) is 11.6. The van der Waals surface area contributed by atoms with E-state index in [1.807, 2.05) is 25.6 Å². The summed E-state index contributed by atoms with van der Waals surface area (Å²) >= 11 is 1.82. The second kappa shape index (κ2) is 7.09. The van der Waals surface area contributed by atoms with E-state index in [0.717, 1.165) is 18.1 Å². The molecule has 0 aliphatic carbocycles. The highest BCUT2D eigenvalue weighted by Gasteiger charge is 2.19. The van der Waals surface area contributed by atoms with E-state index in [0.29, 0.717) is 13.2 Å². The van der Waals surface area contributed by atoms with Crippen molar-refractivity contribution in [2.45, 2.75) is 26.0 Å². The quantitative estimate of drug-likeness (QED) is 0.666. The Balaban J connectivity index is 2.07. The first-order valence-corrected chi connectivity index (χ1v) is 6.56. The van der Waals surface area contributed by atoms with Crippen molar-refractivity contribution in [2.75, 3.05) is 31.2 Å². The molecule has 0 saturated carbocycles. The maximum absolute atomic E-state index is 11.6. The van der Waals surface area contributed by atoms with E-state index in [1.165, 1.54) is 0 Å². The fourth-order valence-corrected chi connectivity index (χ4v) is 2.26. The summed E-state index contributed by atoms with van der Waals surface area (Å²) in [5.41, 5.74) is 0. The van der Waals surface area contributed by atoms with Gasteiger partial charge < -0.3 is 15.4 Å². The molecule has 1 aliphatic heterocycles. The monoisotopic (exact) mass is 232 g/mol. The maximum atomic E-state index is 11.6. The molecule has 88 valence electrons. The first-order chi connectivity index (χ1) is 7.20. The van der Waals surface area contributed by atoms with Crippen molar-refractivity contribution in [3.63, 3.8) is 0 Å². The largest absolute Gasteiger partial charge is 0.377 e. The number of ether oxygens (including phenoxy) is 1. The molecule has 1 fully saturated rings. The van der Waals surface area contributed by atoms with E-state index in [9.17, 15) is 4.79 Å². The minimum Gasteiger partial charge on any atom is -0.377 e. The van der Waals surface area contributed by atoms with Crippen molar-refractivity contribution in [2.24, 2.45) is 0 Å². The molecule has 0 spiro atoms. The Labute approximate surface area is 95.5 Å². The fraction of sp³-hybridized carbons (Fsp3) is 0.900. The first kappa shape index (κ1) is 12.8. The van der Waals surface area contributed by atoms with Gasteiger partial charge in [0, 0.05) is 24.6 Å². The van der Waals surface area contributed by atoms with Crippen molar-refractivity contribution < 1.29 is 9.53 Å². The van der Waals surface area contributed by atoms with E-state index in [-0.39, 0.29) is 18.1 Å². The average molecular weight is 232 g/mol. The molecule has 1 amide bonds. The van der Waals surface area contributed by atoms with Gasteiger partial charge in [-0.3, -0.25) is 4.79 Å². The van der Waals surface area contributed by atoms with E-state index < -0.39 is 0 Å². The summed E-state index contributed by atoms with van der Waals surface area (Å²) in [6, 6.07) is -0.0252. The van der Waals surface area contributed by atoms with Gasteiger partial charge in [-0.15, -0.1) is 0 Å². The van der Waals surface area contributed by atoms with Gasteiger partial charge in [0.25, 0.3) is 0 Å². The Morgan fingerprint density at radius 3 is 3.07 bits per heavy atom. The van der Waals surface area contributed by atoms with Crippen molar-refractivity contribution in [3.05, 3.63) is 0 Å². The summed E-state index contributed by atoms with van der Waals surface area (Å²) in [5, 5.41) is 6.06. The second-order valence-corrected chi connectivity index (χ2v) is 4.94. The second-order valence-electron chi connectivity index (χ2n) is 3.79. The number of nitrogens with one attached hydrogen (secondary N) is 2. The molecular formula is C10H20N2O2S. The van der Waals surface area contributed by atoms with E-state index in [4.69, 9.17) is 4.74 Å². The highest BCUT2D eigenvalue weighted by atomic mass is 32.2. The number of hydrogen-bond acceptors (Lipinski definition) is 4. The molecule has 2 N–H and O–H groups in total. The highest BCUT2D eigenvalue weighted by Crippen LogP contribution is 2.07. The van der Waals surface area contributed by atoms with Gasteiger partial charge in [-0.1, -0.05) is 0 Å². The fourth-order valence-electron chi connectivity index (χ4n) is 1.33. The van der Waals surface area contributed by atoms with Gasteiger partial charge in [-0.05, 0) is 13.8 Å². The molecule has 1 unspecified atom stereocenters. The van der Waals surface area contributed by atoms with E-state index >= 15 is 0 Å². The average Bonchev–Trinajstić information content (AvgIpc) is 2.25. The van der Waals surface area contributed by atoms with Crippen LogP contribution in [0.3, 0.4) is 0 Å². The normalized spacial score (nSPS) is 21.7. The van der Waals surface area contributed by atoms with Crippen LogP contribution in [0, 0.1) is 0 Å². The van der Waals surface area contributed by atoms with E-state index in [1.54, 1.807) is 0 Å². The van der Waals surface area contributed by atoms with Crippen LogP contribution in [0.2, 0.25) is 0 Å². The summed E-state index contributed by atoms with van der Waals surface area (Å²) in [6.45, 7) is 6.08. The van der Waals surface area contributed by atoms with Crippen molar-refractivity contribution >= 4 is 17.7 Å². The summed E-state index contributed by atoms with van der Waals surface area (Å²) < 4.78 is 5.34. The highest BCUT2D eigenvalue weighted by molar-refractivity contribution is 7.99. The van der Waals surface area contributed by atoms with Gasteiger partial charge in [-0.2, -0.15) is 11.8 Å². The van der Waals surface area contributed by atoms with Gasteiger partial charge in [0.05, 0.1) is 18.8 Å². The SMILES string of the molecule is CC(C)OCCNC(=O)C1CSCCN1. The van der Waals surface area contributed by atoms with Crippen LogP contribution in [0.15, 0.2) is 0 Å². The van der Waals surface area contributed by atoms with Gasteiger partial charge in [0.2, 0.25) is 5.91 Å². The molecule has 0 aromatic rings.